The fraction of sp³-hybridized carbons (Fsp3) is 0.211. The highest BCUT2D eigenvalue weighted by molar-refractivity contribution is 7.17. The van der Waals surface area contributed by atoms with Gasteiger partial charge in [0.25, 0.3) is 0 Å². The molecule has 0 bridgehead atoms. The van der Waals surface area contributed by atoms with Crippen LogP contribution >= 0.6 is 11.3 Å². The van der Waals surface area contributed by atoms with E-state index in [0.29, 0.717) is 10.0 Å². The van der Waals surface area contributed by atoms with Gasteiger partial charge in [-0.25, -0.2) is 4.98 Å². The van der Waals surface area contributed by atoms with Crippen molar-refractivity contribution in [1.29, 1.82) is 0 Å². The first-order valence-corrected chi connectivity index (χ1v) is 9.09. The summed E-state index contributed by atoms with van der Waals surface area (Å²) >= 11 is 1.20. The maximum atomic E-state index is 12.9. The zero-order valence-electron chi connectivity index (χ0n) is 14.0. The van der Waals surface area contributed by atoms with Crippen LogP contribution in [-0.2, 0) is 6.18 Å². The van der Waals surface area contributed by atoms with Gasteiger partial charge in [-0.3, -0.25) is 9.78 Å². The minimum Gasteiger partial charge on any atom is -0.341 e. The van der Waals surface area contributed by atoms with Crippen LogP contribution in [-0.4, -0.2) is 22.3 Å². The van der Waals surface area contributed by atoms with Gasteiger partial charge >= 0.3 is 6.18 Å². The molecular formula is C19H14F3N3OS. The molecule has 0 N–H and O–H groups in total. The third kappa shape index (κ3) is 3.44. The number of benzene rings is 1. The first kappa shape index (κ1) is 17.7. The molecule has 3 heterocycles. The first-order chi connectivity index (χ1) is 12.9. The molecule has 2 aromatic heterocycles. The van der Waals surface area contributed by atoms with Gasteiger partial charge in [0.15, 0.2) is 5.13 Å². The maximum Gasteiger partial charge on any atom is 0.416 e. The molecule has 1 aromatic carbocycles. The lowest BCUT2D eigenvalue weighted by Gasteiger charge is -2.41. The zero-order chi connectivity index (χ0) is 19.0. The lowest BCUT2D eigenvalue weighted by atomic mass is 9.97. The third-order valence-electron chi connectivity index (χ3n) is 4.50. The molecule has 1 aliphatic heterocycles. The molecule has 1 fully saturated rings. The Bertz CT molecular complexity index is 972. The molecule has 1 saturated heterocycles. The number of aromatic nitrogens is 2. The minimum absolute atomic E-state index is 0.00689. The van der Waals surface area contributed by atoms with E-state index in [1.54, 1.807) is 12.4 Å². The first-order valence-electron chi connectivity index (χ1n) is 8.28. The SMILES string of the molecule is O=C(c1cccc(C(F)(F)F)c1)c1cnc(N2CCC2c2cccnc2)s1. The minimum atomic E-state index is -4.48. The monoisotopic (exact) mass is 389 g/mol. The van der Waals surface area contributed by atoms with Crippen molar-refractivity contribution in [2.24, 2.45) is 0 Å². The van der Waals surface area contributed by atoms with E-state index in [1.165, 1.54) is 29.7 Å². The van der Waals surface area contributed by atoms with Crippen LogP contribution in [0.25, 0.3) is 0 Å². The van der Waals surface area contributed by atoms with Crippen molar-refractivity contribution < 1.29 is 18.0 Å². The van der Waals surface area contributed by atoms with Gasteiger partial charge in [0.05, 0.1) is 22.7 Å². The van der Waals surface area contributed by atoms with E-state index in [1.807, 2.05) is 12.1 Å². The van der Waals surface area contributed by atoms with Crippen LogP contribution in [0.15, 0.2) is 55.0 Å². The predicted molar refractivity (Wildman–Crippen MR) is 95.9 cm³/mol. The topological polar surface area (TPSA) is 46.1 Å². The van der Waals surface area contributed by atoms with Crippen LogP contribution in [0.4, 0.5) is 18.3 Å². The number of rotatable bonds is 4. The molecule has 0 saturated carbocycles. The summed E-state index contributed by atoms with van der Waals surface area (Å²) in [6.07, 6.45) is 1.42. The smallest absolute Gasteiger partial charge is 0.341 e. The highest BCUT2D eigenvalue weighted by Crippen LogP contribution is 2.39. The second-order valence-electron chi connectivity index (χ2n) is 6.20. The average molecular weight is 389 g/mol. The molecule has 138 valence electrons. The van der Waals surface area contributed by atoms with Gasteiger partial charge in [-0.05, 0) is 30.2 Å². The van der Waals surface area contributed by atoms with Crippen molar-refractivity contribution in [2.75, 3.05) is 11.4 Å². The van der Waals surface area contributed by atoms with E-state index < -0.39 is 17.5 Å². The van der Waals surface area contributed by atoms with Crippen LogP contribution < -0.4 is 4.90 Å². The van der Waals surface area contributed by atoms with Crippen molar-refractivity contribution in [2.45, 2.75) is 18.6 Å². The summed E-state index contributed by atoms with van der Waals surface area (Å²) in [6, 6.07) is 8.48. The number of alkyl halides is 3. The number of pyridine rings is 1. The maximum absolute atomic E-state index is 12.9. The molecule has 0 spiro atoms. The van der Waals surface area contributed by atoms with Crippen molar-refractivity contribution in [3.05, 3.63) is 76.6 Å². The predicted octanol–water partition coefficient (Wildman–Crippen LogP) is 4.74. The molecule has 4 nitrogen and oxygen atoms in total. The Morgan fingerprint density at radius 2 is 2.04 bits per heavy atom. The van der Waals surface area contributed by atoms with E-state index in [-0.39, 0.29) is 11.6 Å². The second-order valence-corrected chi connectivity index (χ2v) is 7.21. The van der Waals surface area contributed by atoms with Gasteiger partial charge in [-0.1, -0.05) is 29.5 Å². The molecule has 1 unspecified atom stereocenters. The number of carbonyl (C=O) groups excluding carboxylic acids is 1. The van der Waals surface area contributed by atoms with Crippen LogP contribution in [0.1, 0.15) is 38.8 Å². The Kier molecular flexibility index (Phi) is 4.43. The lowest BCUT2D eigenvalue weighted by molar-refractivity contribution is -0.137. The van der Waals surface area contributed by atoms with E-state index >= 15 is 0 Å². The highest BCUT2D eigenvalue weighted by atomic mass is 32.1. The second kappa shape index (κ2) is 6.77. The lowest BCUT2D eigenvalue weighted by Crippen LogP contribution is -2.40. The molecule has 0 radical (unpaired) electrons. The van der Waals surface area contributed by atoms with Crippen molar-refractivity contribution >= 4 is 22.3 Å². The Hall–Kier alpha value is -2.74. The zero-order valence-corrected chi connectivity index (χ0v) is 14.8. The van der Waals surface area contributed by atoms with Crippen molar-refractivity contribution in [3.8, 4) is 0 Å². The molecule has 1 aliphatic rings. The summed E-state index contributed by atoms with van der Waals surface area (Å²) in [6.45, 7) is 0.810. The summed E-state index contributed by atoms with van der Waals surface area (Å²) in [5.41, 5.74) is 0.245. The number of hydrogen-bond acceptors (Lipinski definition) is 5. The molecule has 0 amide bonds. The normalized spacial score (nSPS) is 16.9. The van der Waals surface area contributed by atoms with Gasteiger partial charge in [0, 0.05) is 24.5 Å². The summed E-state index contributed by atoms with van der Waals surface area (Å²) < 4.78 is 38.6. The van der Waals surface area contributed by atoms with Crippen LogP contribution in [0.3, 0.4) is 0 Å². The molecule has 3 aromatic rings. The summed E-state index contributed by atoms with van der Waals surface area (Å²) in [7, 11) is 0. The molecular weight excluding hydrogens is 375 g/mol. The summed E-state index contributed by atoms with van der Waals surface area (Å²) in [5.74, 6) is -0.455. The number of halogens is 3. The van der Waals surface area contributed by atoms with Crippen LogP contribution in [0, 0.1) is 0 Å². The van der Waals surface area contributed by atoms with Gasteiger partial charge < -0.3 is 4.90 Å². The van der Waals surface area contributed by atoms with Crippen molar-refractivity contribution in [1.82, 2.24) is 9.97 Å². The number of thiazole rings is 1. The number of carbonyl (C=O) groups is 1. The number of ketones is 1. The average Bonchev–Trinajstić information content (AvgIpc) is 3.10. The Labute approximate surface area is 157 Å². The van der Waals surface area contributed by atoms with Crippen molar-refractivity contribution in [3.63, 3.8) is 0 Å². The van der Waals surface area contributed by atoms with Gasteiger partial charge in [0.1, 0.15) is 0 Å². The fourth-order valence-corrected chi connectivity index (χ4v) is 3.97. The fourth-order valence-electron chi connectivity index (χ4n) is 3.02. The van der Waals surface area contributed by atoms with Gasteiger partial charge in [0.2, 0.25) is 5.78 Å². The van der Waals surface area contributed by atoms with Crippen LogP contribution in [0.5, 0.6) is 0 Å². The van der Waals surface area contributed by atoms with E-state index in [0.717, 1.165) is 30.7 Å². The quantitative estimate of drug-likeness (QED) is 0.605. The van der Waals surface area contributed by atoms with Gasteiger partial charge in [-0.15, -0.1) is 0 Å². The molecule has 1 atom stereocenters. The molecule has 27 heavy (non-hydrogen) atoms. The summed E-state index contributed by atoms with van der Waals surface area (Å²) in [5, 5.41) is 0.686. The number of nitrogens with zero attached hydrogens (tertiary/aromatic N) is 3. The Morgan fingerprint density at radius 1 is 1.19 bits per heavy atom. The third-order valence-corrected chi connectivity index (χ3v) is 5.54. The molecule has 0 aliphatic carbocycles. The van der Waals surface area contributed by atoms with E-state index in [9.17, 15) is 18.0 Å². The van der Waals surface area contributed by atoms with E-state index in [4.69, 9.17) is 0 Å². The summed E-state index contributed by atoms with van der Waals surface area (Å²) in [4.78, 5) is 23.4. The Balaban J connectivity index is 1.55. The number of hydrogen-bond donors (Lipinski definition) is 0. The van der Waals surface area contributed by atoms with E-state index in [2.05, 4.69) is 14.9 Å². The Morgan fingerprint density at radius 3 is 2.70 bits per heavy atom. The highest BCUT2D eigenvalue weighted by Gasteiger charge is 2.33. The van der Waals surface area contributed by atoms with Gasteiger partial charge in [-0.2, -0.15) is 13.2 Å². The number of anilines is 1. The molecule has 4 rings (SSSR count). The largest absolute Gasteiger partial charge is 0.416 e. The standard InChI is InChI=1S/C19H14F3N3OS/c20-19(21,22)14-5-1-3-12(9-14)17(26)16-11-24-18(27-16)25-8-6-15(25)13-4-2-7-23-10-13/h1-5,7,9-11,15H,6,8H2. The van der Waals surface area contributed by atoms with Crippen LogP contribution in [0.2, 0.25) is 0 Å². The molecule has 8 heteroatoms.